The van der Waals surface area contributed by atoms with Gasteiger partial charge in [-0.1, -0.05) is 6.92 Å². The number of carbonyl (C=O) groups is 1. The molecule has 0 aliphatic rings. The van der Waals surface area contributed by atoms with E-state index < -0.39 is 6.10 Å². The molecule has 0 aliphatic heterocycles. The number of imidazole rings is 1. The summed E-state index contributed by atoms with van der Waals surface area (Å²) in [4.78, 5) is 16.2. The maximum absolute atomic E-state index is 12.2. The van der Waals surface area contributed by atoms with Crippen LogP contribution in [0, 0.1) is 0 Å². The third-order valence-electron chi connectivity index (χ3n) is 3.45. The van der Waals surface area contributed by atoms with Crippen LogP contribution in [0.3, 0.4) is 0 Å². The molecule has 1 heterocycles. The molecule has 0 saturated heterocycles. The normalized spacial score (nSPS) is 11.7. The average molecular weight is 317 g/mol. The highest BCUT2D eigenvalue weighted by Crippen LogP contribution is 2.18. The van der Waals surface area contributed by atoms with Crippen LogP contribution in [-0.2, 0) is 11.3 Å². The SMILES string of the molecule is CC[C@@H](Oc1ccc(OC)cc1)C(=O)NCCCn1ccnc1. The largest absolute Gasteiger partial charge is 0.497 e. The lowest BCUT2D eigenvalue weighted by molar-refractivity contribution is -0.128. The van der Waals surface area contributed by atoms with Crippen LogP contribution in [-0.4, -0.2) is 35.2 Å². The van der Waals surface area contributed by atoms with E-state index in [0.717, 1.165) is 18.7 Å². The number of nitrogens with zero attached hydrogens (tertiary/aromatic N) is 2. The van der Waals surface area contributed by atoms with Gasteiger partial charge in [0.15, 0.2) is 6.10 Å². The van der Waals surface area contributed by atoms with Crippen molar-refractivity contribution in [3.63, 3.8) is 0 Å². The van der Waals surface area contributed by atoms with E-state index in [-0.39, 0.29) is 5.91 Å². The van der Waals surface area contributed by atoms with E-state index in [0.29, 0.717) is 18.7 Å². The van der Waals surface area contributed by atoms with Gasteiger partial charge in [-0.2, -0.15) is 0 Å². The van der Waals surface area contributed by atoms with Gasteiger partial charge in [-0.15, -0.1) is 0 Å². The smallest absolute Gasteiger partial charge is 0.261 e. The lowest BCUT2D eigenvalue weighted by Gasteiger charge is -2.17. The highest BCUT2D eigenvalue weighted by Gasteiger charge is 2.17. The van der Waals surface area contributed by atoms with Gasteiger partial charge < -0.3 is 19.4 Å². The van der Waals surface area contributed by atoms with Gasteiger partial charge in [0.1, 0.15) is 11.5 Å². The Morgan fingerprint density at radius 2 is 2.04 bits per heavy atom. The van der Waals surface area contributed by atoms with Gasteiger partial charge in [-0.25, -0.2) is 4.98 Å². The number of aromatic nitrogens is 2. The summed E-state index contributed by atoms with van der Waals surface area (Å²) in [6, 6.07) is 7.22. The van der Waals surface area contributed by atoms with Crippen LogP contribution < -0.4 is 14.8 Å². The van der Waals surface area contributed by atoms with Crippen LogP contribution in [0.2, 0.25) is 0 Å². The van der Waals surface area contributed by atoms with Gasteiger partial charge in [0.25, 0.3) is 5.91 Å². The molecule has 0 saturated carbocycles. The summed E-state index contributed by atoms with van der Waals surface area (Å²) in [7, 11) is 1.61. The summed E-state index contributed by atoms with van der Waals surface area (Å²) >= 11 is 0. The second kappa shape index (κ2) is 8.82. The Bertz CT molecular complexity index is 582. The lowest BCUT2D eigenvalue weighted by Crippen LogP contribution is -2.38. The Kier molecular flexibility index (Phi) is 6.47. The van der Waals surface area contributed by atoms with Gasteiger partial charge in [0.05, 0.1) is 13.4 Å². The van der Waals surface area contributed by atoms with E-state index in [2.05, 4.69) is 10.3 Å². The Morgan fingerprint density at radius 3 is 2.65 bits per heavy atom. The van der Waals surface area contributed by atoms with Crippen LogP contribution in [0.1, 0.15) is 19.8 Å². The van der Waals surface area contributed by atoms with Crippen molar-refractivity contribution in [2.24, 2.45) is 0 Å². The summed E-state index contributed by atoms with van der Waals surface area (Å²) in [5, 5.41) is 2.92. The van der Waals surface area contributed by atoms with Crippen molar-refractivity contribution >= 4 is 5.91 Å². The highest BCUT2D eigenvalue weighted by molar-refractivity contribution is 5.81. The van der Waals surface area contributed by atoms with Crippen molar-refractivity contribution < 1.29 is 14.3 Å². The molecule has 1 N–H and O–H groups in total. The Balaban J connectivity index is 1.75. The number of aryl methyl sites for hydroxylation is 1. The van der Waals surface area contributed by atoms with E-state index in [1.54, 1.807) is 31.8 Å². The number of amides is 1. The number of carbonyl (C=O) groups excluding carboxylic acids is 1. The molecule has 0 unspecified atom stereocenters. The van der Waals surface area contributed by atoms with Gasteiger partial charge in [0.2, 0.25) is 0 Å². The second-order valence-corrected chi connectivity index (χ2v) is 5.14. The molecule has 6 nitrogen and oxygen atoms in total. The third-order valence-corrected chi connectivity index (χ3v) is 3.45. The molecular formula is C17H23N3O3. The van der Waals surface area contributed by atoms with Gasteiger partial charge >= 0.3 is 0 Å². The fraction of sp³-hybridized carbons (Fsp3) is 0.412. The Hall–Kier alpha value is -2.50. The first-order chi connectivity index (χ1) is 11.2. The summed E-state index contributed by atoms with van der Waals surface area (Å²) in [6.07, 6.45) is 6.39. The minimum absolute atomic E-state index is 0.0889. The first kappa shape index (κ1) is 16.9. The molecule has 6 heteroatoms. The third kappa shape index (κ3) is 5.32. The molecule has 1 aromatic carbocycles. The van der Waals surface area contributed by atoms with Crippen LogP contribution >= 0.6 is 0 Å². The molecule has 0 spiro atoms. The summed E-state index contributed by atoms with van der Waals surface area (Å²) in [6.45, 7) is 3.37. The van der Waals surface area contributed by atoms with Gasteiger partial charge in [-0.05, 0) is 37.1 Å². The van der Waals surface area contributed by atoms with Crippen LogP contribution in [0.15, 0.2) is 43.0 Å². The number of hydrogen-bond donors (Lipinski definition) is 1. The minimum atomic E-state index is -0.489. The quantitative estimate of drug-likeness (QED) is 0.721. The Morgan fingerprint density at radius 1 is 1.30 bits per heavy atom. The zero-order chi connectivity index (χ0) is 16.5. The number of rotatable bonds is 9. The molecule has 2 rings (SSSR count). The van der Waals surface area contributed by atoms with Crippen molar-refractivity contribution in [3.8, 4) is 11.5 Å². The molecule has 0 aliphatic carbocycles. The molecule has 2 aromatic rings. The molecule has 1 aromatic heterocycles. The zero-order valence-corrected chi connectivity index (χ0v) is 13.6. The van der Waals surface area contributed by atoms with Crippen molar-refractivity contribution in [2.45, 2.75) is 32.4 Å². The maximum Gasteiger partial charge on any atom is 0.261 e. The molecule has 1 atom stereocenters. The highest BCUT2D eigenvalue weighted by atomic mass is 16.5. The van der Waals surface area contributed by atoms with E-state index in [9.17, 15) is 4.79 Å². The van der Waals surface area contributed by atoms with Crippen molar-refractivity contribution in [2.75, 3.05) is 13.7 Å². The number of methoxy groups -OCH3 is 1. The topological polar surface area (TPSA) is 65.4 Å². The molecule has 124 valence electrons. The predicted molar refractivity (Wildman–Crippen MR) is 87.6 cm³/mol. The van der Waals surface area contributed by atoms with Crippen molar-refractivity contribution in [3.05, 3.63) is 43.0 Å². The summed E-state index contributed by atoms with van der Waals surface area (Å²) < 4.78 is 12.8. The first-order valence-corrected chi connectivity index (χ1v) is 7.77. The minimum Gasteiger partial charge on any atom is -0.497 e. The fourth-order valence-corrected chi connectivity index (χ4v) is 2.15. The number of benzene rings is 1. The molecular weight excluding hydrogens is 294 g/mol. The molecule has 0 fully saturated rings. The second-order valence-electron chi connectivity index (χ2n) is 5.14. The zero-order valence-electron chi connectivity index (χ0n) is 13.6. The van der Waals surface area contributed by atoms with Crippen molar-refractivity contribution in [1.29, 1.82) is 0 Å². The van der Waals surface area contributed by atoms with E-state index in [1.807, 2.05) is 29.8 Å². The van der Waals surface area contributed by atoms with Gasteiger partial charge in [0, 0.05) is 25.5 Å². The van der Waals surface area contributed by atoms with Crippen LogP contribution in [0.5, 0.6) is 11.5 Å². The molecule has 1 amide bonds. The monoisotopic (exact) mass is 317 g/mol. The molecule has 23 heavy (non-hydrogen) atoms. The molecule has 0 radical (unpaired) electrons. The van der Waals surface area contributed by atoms with E-state index >= 15 is 0 Å². The van der Waals surface area contributed by atoms with E-state index in [1.165, 1.54) is 0 Å². The van der Waals surface area contributed by atoms with Gasteiger partial charge in [-0.3, -0.25) is 4.79 Å². The summed E-state index contributed by atoms with van der Waals surface area (Å²) in [5.41, 5.74) is 0. The number of hydrogen-bond acceptors (Lipinski definition) is 4. The Labute approximate surface area is 136 Å². The van der Waals surface area contributed by atoms with Crippen LogP contribution in [0.25, 0.3) is 0 Å². The number of ether oxygens (including phenoxy) is 2. The van der Waals surface area contributed by atoms with E-state index in [4.69, 9.17) is 9.47 Å². The van der Waals surface area contributed by atoms with Crippen molar-refractivity contribution in [1.82, 2.24) is 14.9 Å². The fourth-order valence-electron chi connectivity index (χ4n) is 2.15. The predicted octanol–water partition coefficient (Wildman–Crippen LogP) is 2.26. The lowest BCUT2D eigenvalue weighted by atomic mass is 10.2. The van der Waals surface area contributed by atoms with Crippen LogP contribution in [0.4, 0.5) is 0 Å². The maximum atomic E-state index is 12.2. The first-order valence-electron chi connectivity index (χ1n) is 7.77. The molecule has 0 bridgehead atoms. The standard InChI is InChI=1S/C17H23N3O3/c1-3-16(23-15-7-5-14(22-2)6-8-15)17(21)19-9-4-11-20-12-10-18-13-20/h5-8,10,12-13,16H,3-4,9,11H2,1-2H3,(H,19,21)/t16-/m1/s1. The average Bonchev–Trinajstić information content (AvgIpc) is 3.10. The summed E-state index contributed by atoms with van der Waals surface area (Å²) in [5.74, 6) is 1.33. The number of nitrogens with one attached hydrogen (secondary N) is 1.